The van der Waals surface area contributed by atoms with E-state index in [1.807, 2.05) is 31.2 Å². The molecule has 0 heterocycles. The normalized spacial score (nSPS) is 17.6. The quantitative estimate of drug-likeness (QED) is 0.728. The third kappa shape index (κ3) is 3.44. The molecule has 1 saturated carbocycles. The average Bonchev–Trinajstić information content (AvgIpc) is 3.30. The second-order valence-corrected chi connectivity index (χ2v) is 5.29. The minimum Gasteiger partial charge on any atom is -0.490 e. The summed E-state index contributed by atoms with van der Waals surface area (Å²) < 4.78 is 11.5. The summed E-state index contributed by atoms with van der Waals surface area (Å²) in [7, 11) is 0. The van der Waals surface area contributed by atoms with E-state index in [2.05, 4.69) is 12.2 Å². The van der Waals surface area contributed by atoms with Gasteiger partial charge in [-0.05, 0) is 44.4 Å². The summed E-state index contributed by atoms with van der Waals surface area (Å²) in [6.07, 6.45) is 2.31. The average molecular weight is 279 g/mol. The van der Waals surface area contributed by atoms with Crippen LogP contribution in [0.15, 0.2) is 24.3 Å². The summed E-state index contributed by atoms with van der Waals surface area (Å²) in [5, 5.41) is 13.2. The molecule has 0 radical (unpaired) electrons. The summed E-state index contributed by atoms with van der Waals surface area (Å²) >= 11 is 0. The number of likely N-dealkylation sites (N-methyl/N-ethyl adjacent to an activating group) is 1. The van der Waals surface area contributed by atoms with Gasteiger partial charge in [0.2, 0.25) is 0 Å². The molecule has 0 spiro atoms. The Kier molecular flexibility index (Phi) is 5.26. The molecule has 4 nitrogen and oxygen atoms in total. The zero-order valence-corrected chi connectivity index (χ0v) is 12.4. The van der Waals surface area contributed by atoms with Gasteiger partial charge in [0.25, 0.3) is 0 Å². The molecular weight excluding hydrogens is 254 g/mol. The highest BCUT2D eigenvalue weighted by Crippen LogP contribution is 2.40. The maximum Gasteiger partial charge on any atom is 0.161 e. The fourth-order valence-corrected chi connectivity index (χ4v) is 2.58. The third-order valence-electron chi connectivity index (χ3n) is 3.80. The standard InChI is InChI=1S/C16H25NO3/c1-3-17-16(11-18,13-9-10-13)12-20-15-8-6-5-7-14(15)19-4-2/h5-8,13,17-18H,3-4,9-12H2,1-2H3. The van der Waals surface area contributed by atoms with Crippen LogP contribution in [0.3, 0.4) is 0 Å². The van der Waals surface area contributed by atoms with Gasteiger partial charge in [0.1, 0.15) is 6.61 Å². The van der Waals surface area contributed by atoms with Crippen molar-refractivity contribution < 1.29 is 14.6 Å². The molecule has 2 rings (SSSR count). The van der Waals surface area contributed by atoms with Crippen LogP contribution < -0.4 is 14.8 Å². The first kappa shape index (κ1) is 15.1. The summed E-state index contributed by atoms with van der Waals surface area (Å²) in [6.45, 7) is 6.02. The Balaban J connectivity index is 2.05. The second-order valence-electron chi connectivity index (χ2n) is 5.29. The Morgan fingerprint density at radius 1 is 1.20 bits per heavy atom. The predicted molar refractivity (Wildman–Crippen MR) is 79.3 cm³/mol. The lowest BCUT2D eigenvalue weighted by atomic mass is 9.95. The van der Waals surface area contributed by atoms with Crippen LogP contribution >= 0.6 is 0 Å². The Bertz CT molecular complexity index is 420. The van der Waals surface area contributed by atoms with Gasteiger partial charge >= 0.3 is 0 Å². The van der Waals surface area contributed by atoms with Crippen molar-refractivity contribution in [1.29, 1.82) is 0 Å². The first-order chi connectivity index (χ1) is 9.75. The SMILES string of the molecule is CCNC(CO)(COc1ccccc1OCC)C1CC1. The minimum absolute atomic E-state index is 0.0995. The third-order valence-corrected chi connectivity index (χ3v) is 3.80. The van der Waals surface area contributed by atoms with Crippen LogP contribution in [-0.2, 0) is 0 Å². The van der Waals surface area contributed by atoms with Crippen molar-refractivity contribution in [2.45, 2.75) is 32.2 Å². The fraction of sp³-hybridized carbons (Fsp3) is 0.625. The lowest BCUT2D eigenvalue weighted by molar-refractivity contribution is 0.0847. The van der Waals surface area contributed by atoms with Gasteiger partial charge in [-0.25, -0.2) is 0 Å². The lowest BCUT2D eigenvalue weighted by Crippen LogP contribution is -2.55. The highest BCUT2D eigenvalue weighted by atomic mass is 16.5. The number of nitrogens with one attached hydrogen (secondary N) is 1. The van der Waals surface area contributed by atoms with Crippen LogP contribution in [0.25, 0.3) is 0 Å². The highest BCUT2D eigenvalue weighted by molar-refractivity contribution is 5.39. The number of aliphatic hydroxyl groups is 1. The molecule has 4 heteroatoms. The van der Waals surface area contributed by atoms with Gasteiger partial charge in [-0.3, -0.25) is 0 Å². The zero-order valence-electron chi connectivity index (χ0n) is 12.4. The topological polar surface area (TPSA) is 50.7 Å². The smallest absolute Gasteiger partial charge is 0.161 e. The molecule has 1 aromatic rings. The molecule has 0 aliphatic heterocycles. The number of rotatable bonds is 9. The fourth-order valence-electron chi connectivity index (χ4n) is 2.58. The first-order valence-corrected chi connectivity index (χ1v) is 7.46. The lowest BCUT2D eigenvalue weighted by Gasteiger charge is -2.33. The van der Waals surface area contributed by atoms with E-state index in [-0.39, 0.29) is 12.1 Å². The van der Waals surface area contributed by atoms with E-state index >= 15 is 0 Å². The van der Waals surface area contributed by atoms with E-state index in [4.69, 9.17) is 9.47 Å². The highest BCUT2D eigenvalue weighted by Gasteiger charge is 2.45. The van der Waals surface area contributed by atoms with Crippen molar-refractivity contribution in [3.63, 3.8) is 0 Å². The molecule has 1 unspecified atom stereocenters. The van der Waals surface area contributed by atoms with Crippen molar-refractivity contribution in [2.75, 3.05) is 26.4 Å². The monoisotopic (exact) mass is 279 g/mol. The van der Waals surface area contributed by atoms with Gasteiger partial charge in [-0.2, -0.15) is 0 Å². The molecule has 112 valence electrons. The van der Waals surface area contributed by atoms with E-state index in [1.165, 1.54) is 0 Å². The number of hydrogen-bond donors (Lipinski definition) is 2. The Morgan fingerprint density at radius 3 is 2.35 bits per heavy atom. The summed E-state index contributed by atoms with van der Waals surface area (Å²) in [6, 6.07) is 7.68. The van der Waals surface area contributed by atoms with Gasteiger partial charge in [0, 0.05) is 0 Å². The maximum absolute atomic E-state index is 9.79. The molecule has 1 fully saturated rings. The zero-order chi connectivity index (χ0) is 14.4. The van der Waals surface area contributed by atoms with Gasteiger partial charge in [-0.15, -0.1) is 0 Å². The number of para-hydroxylation sites is 2. The van der Waals surface area contributed by atoms with Crippen LogP contribution in [0, 0.1) is 5.92 Å². The first-order valence-electron chi connectivity index (χ1n) is 7.46. The van der Waals surface area contributed by atoms with Crippen molar-refractivity contribution in [3.8, 4) is 11.5 Å². The molecule has 20 heavy (non-hydrogen) atoms. The van der Waals surface area contributed by atoms with Crippen LogP contribution in [0.1, 0.15) is 26.7 Å². The van der Waals surface area contributed by atoms with E-state index in [0.717, 1.165) is 30.9 Å². The van der Waals surface area contributed by atoms with Gasteiger partial charge in [-0.1, -0.05) is 19.1 Å². The molecule has 1 aromatic carbocycles. The molecule has 0 amide bonds. The molecule has 2 N–H and O–H groups in total. The summed E-state index contributed by atoms with van der Waals surface area (Å²) in [5.41, 5.74) is -0.325. The van der Waals surface area contributed by atoms with Gasteiger partial charge < -0.3 is 19.9 Å². The molecule has 1 aliphatic rings. The molecule has 0 aromatic heterocycles. The van der Waals surface area contributed by atoms with Crippen molar-refractivity contribution in [3.05, 3.63) is 24.3 Å². The van der Waals surface area contributed by atoms with E-state index < -0.39 is 0 Å². The Labute approximate surface area is 121 Å². The summed E-state index contributed by atoms with van der Waals surface area (Å²) in [4.78, 5) is 0. The van der Waals surface area contributed by atoms with Crippen LogP contribution in [0.2, 0.25) is 0 Å². The maximum atomic E-state index is 9.79. The second kappa shape index (κ2) is 6.95. The van der Waals surface area contributed by atoms with Crippen LogP contribution in [0.4, 0.5) is 0 Å². The van der Waals surface area contributed by atoms with Crippen molar-refractivity contribution >= 4 is 0 Å². The van der Waals surface area contributed by atoms with Crippen LogP contribution in [-0.4, -0.2) is 37.0 Å². The van der Waals surface area contributed by atoms with E-state index in [1.54, 1.807) is 0 Å². The Hall–Kier alpha value is -1.26. The van der Waals surface area contributed by atoms with Crippen molar-refractivity contribution in [2.24, 2.45) is 5.92 Å². The molecule has 0 saturated heterocycles. The Morgan fingerprint density at radius 2 is 1.85 bits per heavy atom. The number of aliphatic hydroxyl groups excluding tert-OH is 1. The number of benzene rings is 1. The van der Waals surface area contributed by atoms with Gasteiger partial charge in [0.15, 0.2) is 11.5 Å². The summed E-state index contributed by atoms with van der Waals surface area (Å²) in [5.74, 6) is 2.01. The van der Waals surface area contributed by atoms with E-state index in [9.17, 15) is 5.11 Å². The van der Waals surface area contributed by atoms with Crippen LogP contribution in [0.5, 0.6) is 11.5 Å². The number of ether oxygens (including phenoxy) is 2. The minimum atomic E-state index is -0.325. The molecule has 1 atom stereocenters. The molecule has 1 aliphatic carbocycles. The molecule has 0 bridgehead atoms. The van der Waals surface area contributed by atoms with E-state index in [0.29, 0.717) is 19.1 Å². The predicted octanol–water partition coefficient (Wildman–Crippen LogP) is 2.21. The number of hydrogen-bond acceptors (Lipinski definition) is 4. The largest absolute Gasteiger partial charge is 0.490 e. The van der Waals surface area contributed by atoms with Crippen molar-refractivity contribution in [1.82, 2.24) is 5.32 Å². The van der Waals surface area contributed by atoms with Gasteiger partial charge in [0.05, 0.1) is 18.8 Å². The molecular formula is C16H25NO3.